The highest BCUT2D eigenvalue weighted by Gasteiger charge is 2.06. The Hall–Kier alpha value is -0.510. The van der Waals surface area contributed by atoms with Gasteiger partial charge in [-0.05, 0) is 11.2 Å². The highest BCUT2D eigenvalue weighted by Crippen LogP contribution is 2.06. The molecule has 0 N–H and O–H groups in total. The minimum Gasteiger partial charge on any atom is -0.616 e. The van der Waals surface area contributed by atoms with Gasteiger partial charge in [-0.1, -0.05) is 30.3 Å². The Kier molecular flexibility index (Phi) is 4.90. The molecule has 1 radical (unpaired) electrons. The van der Waals surface area contributed by atoms with E-state index < -0.39 is 11.2 Å². The van der Waals surface area contributed by atoms with Gasteiger partial charge in [0.15, 0.2) is 0 Å². The van der Waals surface area contributed by atoms with Gasteiger partial charge in [0.05, 0.1) is 6.61 Å². The maximum atomic E-state index is 11.3. The Balaban J connectivity index is 2.32. The molecule has 0 aliphatic carbocycles. The zero-order valence-corrected chi connectivity index (χ0v) is 8.26. The molecule has 0 aromatic heterocycles. The number of rotatable bonds is 5. The number of benzene rings is 1. The van der Waals surface area contributed by atoms with Gasteiger partial charge in [-0.2, -0.15) is 0 Å². The van der Waals surface area contributed by atoms with Crippen LogP contribution in [0.15, 0.2) is 30.3 Å². The molecule has 3 heteroatoms. The van der Waals surface area contributed by atoms with Gasteiger partial charge < -0.3 is 4.55 Å². The Morgan fingerprint density at radius 2 is 1.92 bits per heavy atom. The maximum Gasteiger partial charge on any atom is 0.130 e. The first-order valence-corrected chi connectivity index (χ1v) is 5.78. The Labute approximate surface area is 81.8 Å². The van der Waals surface area contributed by atoms with Crippen LogP contribution in [0.5, 0.6) is 0 Å². The van der Waals surface area contributed by atoms with E-state index in [1.54, 1.807) is 0 Å². The molecule has 2 nitrogen and oxygen atoms in total. The first kappa shape index (κ1) is 10.6. The minimum absolute atomic E-state index is 0.124. The Morgan fingerprint density at radius 3 is 2.54 bits per heavy atom. The Bertz CT molecular complexity index is 226. The summed E-state index contributed by atoms with van der Waals surface area (Å²) in [5, 5.41) is 10.2. The van der Waals surface area contributed by atoms with Gasteiger partial charge in [0, 0.05) is 12.0 Å². The lowest BCUT2D eigenvalue weighted by Gasteiger charge is -2.09. The van der Waals surface area contributed by atoms with Crippen LogP contribution >= 0.6 is 0 Å². The smallest absolute Gasteiger partial charge is 0.130 e. The highest BCUT2D eigenvalue weighted by molar-refractivity contribution is 7.90. The zero-order chi connectivity index (χ0) is 9.52. The summed E-state index contributed by atoms with van der Waals surface area (Å²) in [5.41, 5.74) is 1.08. The van der Waals surface area contributed by atoms with Crippen molar-refractivity contribution in [1.82, 2.24) is 0 Å². The van der Waals surface area contributed by atoms with E-state index in [2.05, 4.69) is 0 Å². The summed E-state index contributed by atoms with van der Waals surface area (Å²) >= 11 is -0.871. The molecule has 1 rings (SSSR count). The molecule has 0 amide bonds. The molecular weight excluding hydrogens is 184 g/mol. The van der Waals surface area contributed by atoms with Crippen LogP contribution in [0, 0.1) is 0 Å². The summed E-state index contributed by atoms with van der Waals surface area (Å²) in [4.78, 5) is 0. The molecule has 0 saturated heterocycles. The zero-order valence-electron chi connectivity index (χ0n) is 7.44. The van der Waals surface area contributed by atoms with Crippen LogP contribution in [0.3, 0.4) is 0 Å². The molecule has 0 heterocycles. The van der Waals surface area contributed by atoms with E-state index >= 15 is 0 Å². The lowest BCUT2D eigenvalue weighted by molar-refractivity contribution is 0.194. The van der Waals surface area contributed by atoms with Gasteiger partial charge in [-0.15, -0.1) is 0 Å². The summed E-state index contributed by atoms with van der Waals surface area (Å²) in [5.74, 6) is 1.10. The largest absolute Gasteiger partial charge is 0.616 e. The van der Waals surface area contributed by atoms with Gasteiger partial charge >= 0.3 is 0 Å². The van der Waals surface area contributed by atoms with Crippen molar-refractivity contribution in [3.8, 4) is 0 Å². The molecule has 0 spiro atoms. The molecule has 1 aromatic rings. The van der Waals surface area contributed by atoms with Gasteiger partial charge in [0.25, 0.3) is 0 Å². The molecule has 0 aliphatic heterocycles. The van der Waals surface area contributed by atoms with Crippen LogP contribution in [0.25, 0.3) is 0 Å². The van der Waals surface area contributed by atoms with E-state index in [9.17, 15) is 9.66 Å². The third-order valence-electron chi connectivity index (χ3n) is 1.69. The SMILES string of the molecule is [O]CCC[S+]([O-])Cc1ccccc1. The summed E-state index contributed by atoms with van der Waals surface area (Å²) in [6.45, 7) is -0.124. The fourth-order valence-electron chi connectivity index (χ4n) is 1.05. The molecular formula is C10H13O2S. The second-order valence-electron chi connectivity index (χ2n) is 2.83. The summed E-state index contributed by atoms with van der Waals surface area (Å²) in [7, 11) is 0. The molecule has 0 fully saturated rings. The van der Waals surface area contributed by atoms with Crippen LogP contribution in [-0.2, 0) is 22.0 Å². The third-order valence-corrected chi connectivity index (χ3v) is 3.09. The second-order valence-corrected chi connectivity index (χ2v) is 4.41. The van der Waals surface area contributed by atoms with E-state index in [0.29, 0.717) is 17.9 Å². The summed E-state index contributed by atoms with van der Waals surface area (Å²) < 4.78 is 11.3. The van der Waals surface area contributed by atoms with Crippen molar-refractivity contribution in [3.05, 3.63) is 35.9 Å². The van der Waals surface area contributed by atoms with Crippen LogP contribution < -0.4 is 0 Å². The van der Waals surface area contributed by atoms with Crippen LogP contribution in [0.1, 0.15) is 12.0 Å². The maximum absolute atomic E-state index is 11.3. The van der Waals surface area contributed by atoms with Gasteiger partial charge in [-0.3, -0.25) is 0 Å². The lowest BCUT2D eigenvalue weighted by Crippen LogP contribution is -2.10. The molecule has 13 heavy (non-hydrogen) atoms. The first-order valence-electron chi connectivity index (χ1n) is 4.30. The third kappa shape index (κ3) is 4.31. The van der Waals surface area contributed by atoms with Crippen molar-refractivity contribution in [1.29, 1.82) is 0 Å². The van der Waals surface area contributed by atoms with Crippen molar-refractivity contribution < 1.29 is 9.66 Å². The Morgan fingerprint density at radius 1 is 1.23 bits per heavy atom. The van der Waals surface area contributed by atoms with Crippen LogP contribution in [0.4, 0.5) is 0 Å². The van der Waals surface area contributed by atoms with E-state index in [-0.39, 0.29) is 6.61 Å². The van der Waals surface area contributed by atoms with Gasteiger partial charge in [0.1, 0.15) is 11.5 Å². The van der Waals surface area contributed by atoms with Gasteiger partial charge in [-0.25, -0.2) is 5.11 Å². The van der Waals surface area contributed by atoms with Gasteiger partial charge in [0.2, 0.25) is 0 Å². The predicted molar refractivity (Wildman–Crippen MR) is 53.3 cm³/mol. The van der Waals surface area contributed by atoms with Crippen molar-refractivity contribution >= 4 is 11.2 Å². The second kappa shape index (κ2) is 6.02. The molecule has 1 unspecified atom stereocenters. The van der Waals surface area contributed by atoms with Crippen molar-refractivity contribution in [3.63, 3.8) is 0 Å². The van der Waals surface area contributed by atoms with E-state index in [4.69, 9.17) is 0 Å². The molecule has 1 aromatic carbocycles. The molecule has 0 aliphatic rings. The van der Waals surface area contributed by atoms with E-state index in [1.807, 2.05) is 30.3 Å². The van der Waals surface area contributed by atoms with E-state index in [0.717, 1.165) is 5.56 Å². The average Bonchev–Trinajstić information content (AvgIpc) is 2.16. The summed E-state index contributed by atoms with van der Waals surface area (Å²) in [6.07, 6.45) is 0.513. The number of hydrogen-bond donors (Lipinski definition) is 0. The molecule has 0 saturated carbocycles. The van der Waals surface area contributed by atoms with Crippen molar-refractivity contribution in [2.24, 2.45) is 0 Å². The number of hydrogen-bond acceptors (Lipinski definition) is 1. The van der Waals surface area contributed by atoms with Crippen LogP contribution in [0.2, 0.25) is 0 Å². The quantitative estimate of drug-likeness (QED) is 0.663. The molecule has 71 valence electrons. The van der Waals surface area contributed by atoms with Crippen molar-refractivity contribution in [2.45, 2.75) is 12.2 Å². The lowest BCUT2D eigenvalue weighted by atomic mass is 10.2. The predicted octanol–water partition coefficient (Wildman–Crippen LogP) is 1.76. The summed E-state index contributed by atoms with van der Waals surface area (Å²) in [6, 6.07) is 9.70. The van der Waals surface area contributed by atoms with E-state index in [1.165, 1.54) is 0 Å². The highest BCUT2D eigenvalue weighted by atomic mass is 32.2. The fourth-order valence-corrected chi connectivity index (χ4v) is 2.20. The van der Waals surface area contributed by atoms with Crippen LogP contribution in [-0.4, -0.2) is 16.9 Å². The first-order chi connectivity index (χ1) is 6.33. The fraction of sp³-hybridized carbons (Fsp3) is 0.400. The standard InChI is InChI=1S/C10H13O2S/c11-7-4-8-13(12)9-10-5-2-1-3-6-10/h1-3,5-6H,4,7-9H2. The molecule has 1 atom stereocenters. The van der Waals surface area contributed by atoms with Crippen molar-refractivity contribution in [2.75, 3.05) is 12.4 Å². The topological polar surface area (TPSA) is 43.0 Å². The average molecular weight is 197 g/mol. The minimum atomic E-state index is -0.871. The normalized spacial score (nSPS) is 12.8. The molecule has 0 bridgehead atoms. The monoisotopic (exact) mass is 197 g/mol.